The number of nitrogens with one attached hydrogen (secondary N) is 3. The predicted molar refractivity (Wildman–Crippen MR) is 294 cm³/mol. The van der Waals surface area contributed by atoms with Crippen LogP contribution in [-0.4, -0.2) is 127 Å². The number of pyridine rings is 1. The SMILES string of the molecule is Cc1ncsc1-c1ccc(CNC(=O)[C@@H]2C[C@@H](O)CN2C(=O)[C@@H](NC(=O)C2(F)CC2)C(C)(C)C)c(OCCOCCOCCOCCOc2cc(NC(=O)[C@H](C)[C@H]3CC[C@@H](c4ccnc5ccc(F)cc54)CC3)ccc2Cl)c1. The number of halogens is 3. The molecule has 4 amide bonds. The van der Waals surface area contributed by atoms with Gasteiger partial charge in [-0.15, -0.1) is 11.3 Å². The third kappa shape index (κ3) is 15.1. The number of likely N-dealkylation sites (tertiary alicyclic amines) is 1. The number of amides is 4. The molecule has 4 N–H and O–H groups in total. The van der Waals surface area contributed by atoms with E-state index in [9.17, 15) is 33.1 Å². The summed E-state index contributed by atoms with van der Waals surface area (Å²) in [6, 6.07) is 15.4. The topological polar surface area (TPSA) is 200 Å². The third-order valence-electron chi connectivity index (χ3n) is 14.9. The molecule has 0 radical (unpaired) electrons. The van der Waals surface area contributed by atoms with Crippen molar-refractivity contribution in [1.29, 1.82) is 0 Å². The van der Waals surface area contributed by atoms with Crippen molar-refractivity contribution >= 4 is 63.2 Å². The molecule has 1 saturated heterocycles. The van der Waals surface area contributed by atoms with E-state index in [2.05, 4.69) is 25.9 Å². The normalized spacial score (nSPS) is 19.7. The molecule has 3 aliphatic rings. The summed E-state index contributed by atoms with van der Waals surface area (Å²) in [5.74, 6) is -0.974. The van der Waals surface area contributed by atoms with Gasteiger partial charge in [0.25, 0.3) is 5.91 Å². The average molecular weight is 1120 g/mol. The molecule has 2 aromatic heterocycles. The Hall–Kier alpha value is -5.83. The number of rotatable bonds is 25. The number of hydrogen-bond acceptors (Lipinski definition) is 13. The highest BCUT2D eigenvalue weighted by atomic mass is 35.5. The Labute approximate surface area is 463 Å². The molecule has 4 atom stereocenters. The van der Waals surface area contributed by atoms with Crippen molar-refractivity contribution in [2.24, 2.45) is 17.3 Å². The molecule has 0 unspecified atom stereocenters. The number of ether oxygens (including phenoxy) is 5. The Bertz CT molecular complexity index is 2890. The molecule has 2 saturated carbocycles. The number of thiazole rings is 1. The minimum Gasteiger partial charge on any atom is -0.491 e. The van der Waals surface area contributed by atoms with Gasteiger partial charge in [-0.05, 0) is 116 Å². The highest BCUT2D eigenvalue weighted by molar-refractivity contribution is 7.13. The standard InChI is InChI=1S/C58H71ClF2N6O10S/c1-35(37-6-8-38(9-7-37)44-16-19-62-47-15-12-41(60)29-45(44)47)53(69)65-42-13-14-46(59)50(30-42)77-27-25-75-23-21-73-20-22-74-24-26-76-49-28-39(51-36(2)64-34-78-51)10-11-40(49)32-63-54(70)48-31-43(68)33-67(48)55(71)52(57(3,4)5)66-56(72)58(61)17-18-58/h10-16,19,28-30,34-35,37-38,43,48,52,68H,6-9,17-18,20-27,31-33H2,1-5H3,(H,63,70)(H,65,69)(H,66,72)/t35-,37-,38+,43-,48+,52-/m1/s1. The van der Waals surface area contributed by atoms with Gasteiger partial charge < -0.3 is 49.6 Å². The molecule has 420 valence electrons. The third-order valence-corrected chi connectivity index (χ3v) is 16.1. The number of fused-ring (bicyclic) bond motifs is 1. The Morgan fingerprint density at radius 1 is 0.872 bits per heavy atom. The summed E-state index contributed by atoms with van der Waals surface area (Å²) in [6.45, 7) is 11.4. The molecule has 0 bridgehead atoms. The number of carbonyl (C=O) groups excluding carboxylic acids is 4. The number of aryl methyl sites for hydroxylation is 1. The van der Waals surface area contributed by atoms with Gasteiger partial charge in [-0.1, -0.05) is 51.4 Å². The van der Waals surface area contributed by atoms with E-state index in [1.165, 1.54) is 22.3 Å². The van der Waals surface area contributed by atoms with E-state index >= 15 is 0 Å². The van der Waals surface area contributed by atoms with Crippen LogP contribution < -0.4 is 25.4 Å². The van der Waals surface area contributed by atoms with Crippen LogP contribution in [0, 0.1) is 30.0 Å². The Morgan fingerprint density at radius 3 is 2.21 bits per heavy atom. The predicted octanol–water partition coefficient (Wildman–Crippen LogP) is 9.13. The number of benzene rings is 3. The van der Waals surface area contributed by atoms with Crippen molar-refractivity contribution in [1.82, 2.24) is 25.5 Å². The van der Waals surface area contributed by atoms with Gasteiger partial charge in [0.05, 0.1) is 72.4 Å². The zero-order chi connectivity index (χ0) is 55.6. The van der Waals surface area contributed by atoms with E-state index in [1.807, 2.05) is 38.1 Å². The summed E-state index contributed by atoms with van der Waals surface area (Å²) in [6.07, 6.45) is 4.63. The van der Waals surface area contributed by atoms with Crippen LogP contribution in [-0.2, 0) is 39.9 Å². The zero-order valence-corrected chi connectivity index (χ0v) is 46.5. The summed E-state index contributed by atoms with van der Waals surface area (Å²) in [5.41, 5.74) is 3.91. The minimum absolute atomic E-state index is 0.00468. The van der Waals surface area contributed by atoms with Crippen LogP contribution in [0.5, 0.6) is 11.5 Å². The summed E-state index contributed by atoms with van der Waals surface area (Å²) < 4.78 is 58.0. The van der Waals surface area contributed by atoms with Gasteiger partial charge in [0.15, 0.2) is 5.67 Å². The minimum atomic E-state index is -1.98. The van der Waals surface area contributed by atoms with Crippen molar-refractivity contribution in [3.05, 3.63) is 100 Å². The molecule has 8 rings (SSSR count). The van der Waals surface area contributed by atoms with E-state index in [0.29, 0.717) is 54.2 Å². The molecule has 3 fully saturated rings. The average Bonchev–Trinajstić information content (AvgIpc) is 3.88. The van der Waals surface area contributed by atoms with E-state index in [-0.39, 0.29) is 88.3 Å². The second-order valence-corrected chi connectivity index (χ2v) is 22.8. The first kappa shape index (κ1) is 58.3. The fourth-order valence-electron chi connectivity index (χ4n) is 10.1. The van der Waals surface area contributed by atoms with Crippen LogP contribution in [0.3, 0.4) is 0 Å². The maximum Gasteiger partial charge on any atom is 0.258 e. The van der Waals surface area contributed by atoms with Gasteiger partial charge in [-0.2, -0.15) is 0 Å². The van der Waals surface area contributed by atoms with Crippen molar-refractivity contribution < 1.29 is 56.7 Å². The van der Waals surface area contributed by atoms with E-state index in [4.69, 9.17) is 35.3 Å². The monoisotopic (exact) mass is 1120 g/mol. The van der Waals surface area contributed by atoms with E-state index < -0.39 is 47.0 Å². The quantitative estimate of drug-likeness (QED) is 0.0405. The molecule has 3 heterocycles. The van der Waals surface area contributed by atoms with Crippen molar-refractivity contribution in [3.63, 3.8) is 0 Å². The number of anilines is 1. The van der Waals surface area contributed by atoms with Crippen molar-refractivity contribution in [3.8, 4) is 21.9 Å². The summed E-state index contributed by atoms with van der Waals surface area (Å²) in [4.78, 5) is 64.8. The van der Waals surface area contributed by atoms with Crippen molar-refractivity contribution in [2.45, 2.75) is 116 Å². The highest BCUT2D eigenvalue weighted by Crippen LogP contribution is 2.42. The lowest BCUT2D eigenvalue weighted by Crippen LogP contribution is -2.59. The number of alkyl halides is 1. The van der Waals surface area contributed by atoms with Crippen LogP contribution in [0.1, 0.15) is 95.4 Å². The van der Waals surface area contributed by atoms with Gasteiger partial charge in [0.2, 0.25) is 17.7 Å². The van der Waals surface area contributed by atoms with Crippen LogP contribution in [0.15, 0.2) is 72.4 Å². The van der Waals surface area contributed by atoms with Crippen LogP contribution in [0.25, 0.3) is 21.3 Å². The summed E-state index contributed by atoms with van der Waals surface area (Å²) in [5, 5.41) is 20.4. The molecule has 2 aliphatic carbocycles. The molecule has 1 aliphatic heterocycles. The summed E-state index contributed by atoms with van der Waals surface area (Å²) in [7, 11) is 0. The second-order valence-electron chi connectivity index (χ2n) is 21.6. The first-order valence-electron chi connectivity index (χ1n) is 26.8. The molecule has 78 heavy (non-hydrogen) atoms. The number of carbonyl (C=O) groups is 4. The first-order valence-corrected chi connectivity index (χ1v) is 28.1. The Morgan fingerprint density at radius 2 is 1.55 bits per heavy atom. The van der Waals surface area contributed by atoms with Gasteiger partial charge in [-0.3, -0.25) is 24.2 Å². The maximum atomic E-state index is 14.7. The molecule has 20 heteroatoms. The number of aromatic nitrogens is 2. The number of aliphatic hydroxyl groups excluding tert-OH is 1. The smallest absolute Gasteiger partial charge is 0.258 e. The highest BCUT2D eigenvalue weighted by Gasteiger charge is 2.53. The lowest BCUT2D eigenvalue weighted by molar-refractivity contribution is -0.145. The molecule has 3 aromatic carbocycles. The molecule has 0 spiro atoms. The lowest BCUT2D eigenvalue weighted by Gasteiger charge is -2.35. The van der Waals surface area contributed by atoms with Crippen LogP contribution in [0.4, 0.5) is 14.5 Å². The first-order chi connectivity index (χ1) is 37.4. The molecular formula is C58H71ClF2N6O10S. The number of nitrogens with zero attached hydrogens (tertiary/aromatic N) is 3. The fourth-order valence-corrected chi connectivity index (χ4v) is 11.1. The van der Waals surface area contributed by atoms with Crippen LogP contribution >= 0.6 is 22.9 Å². The second kappa shape index (κ2) is 26.4. The number of β-amino-alcohol motifs (C(OH)–C–C–N with tert-alkyl or cyclic N) is 1. The van der Waals surface area contributed by atoms with Gasteiger partial charge in [0, 0.05) is 54.3 Å². The Balaban J connectivity index is 0.718. The lowest BCUT2D eigenvalue weighted by atomic mass is 9.73. The fraction of sp³-hybridized carbons (Fsp3) is 0.517. The Kier molecular flexibility index (Phi) is 19.8. The maximum absolute atomic E-state index is 14.7. The van der Waals surface area contributed by atoms with E-state index in [0.717, 1.165) is 58.3 Å². The summed E-state index contributed by atoms with van der Waals surface area (Å²) >= 11 is 7.94. The van der Waals surface area contributed by atoms with E-state index in [1.54, 1.807) is 62.8 Å². The number of hydrogen-bond donors (Lipinski definition) is 4. The van der Waals surface area contributed by atoms with Gasteiger partial charge in [0.1, 0.15) is 42.6 Å². The van der Waals surface area contributed by atoms with Gasteiger partial charge >= 0.3 is 0 Å². The molecule has 5 aromatic rings. The molecular weight excluding hydrogens is 1050 g/mol. The number of aliphatic hydroxyl groups is 1. The van der Waals surface area contributed by atoms with Crippen molar-refractivity contribution in [2.75, 3.05) is 64.7 Å². The molecule has 16 nitrogen and oxygen atoms in total. The van der Waals surface area contributed by atoms with Gasteiger partial charge in [-0.25, -0.2) is 13.8 Å². The zero-order valence-electron chi connectivity index (χ0n) is 44.9. The van der Waals surface area contributed by atoms with Crippen LogP contribution in [0.2, 0.25) is 5.02 Å². The largest absolute Gasteiger partial charge is 0.491 e.